The first-order valence-corrected chi connectivity index (χ1v) is 10.0. The highest BCUT2D eigenvalue weighted by atomic mass is 79.9. The summed E-state index contributed by atoms with van der Waals surface area (Å²) in [7, 11) is 0. The van der Waals surface area contributed by atoms with Crippen LogP contribution in [0.5, 0.6) is 0 Å². The van der Waals surface area contributed by atoms with Crippen LogP contribution in [0.3, 0.4) is 0 Å². The van der Waals surface area contributed by atoms with Crippen molar-refractivity contribution in [2.75, 3.05) is 0 Å². The minimum absolute atomic E-state index is 0.181. The Labute approximate surface area is 234 Å². The number of H-pyrrole nitrogens is 1. The first-order valence-electron chi connectivity index (χ1n) is 18.1. The summed E-state index contributed by atoms with van der Waals surface area (Å²) in [6, 6.07) is 6.67. The molecule has 0 spiro atoms. The van der Waals surface area contributed by atoms with Crippen molar-refractivity contribution in [1.82, 2.24) is 19.5 Å². The van der Waals surface area contributed by atoms with E-state index >= 15 is 0 Å². The second kappa shape index (κ2) is 13.8. The van der Waals surface area contributed by atoms with E-state index < -0.39 is 98.2 Å². The SMILES string of the molecule is [2H]C(=O)c1[nH]c(C([2H])C([2H])([2H])C([2H])([2H])C([2H])([2H])[2H])nc1Cl.[2H]C(c1nc(Cl)c(C([2H])([2H])O)n1Cc1ccc(Br)cc1)C([2H])([2H])C([2H])([2H])C([2H])([2H])[2H]. The van der Waals surface area contributed by atoms with Crippen molar-refractivity contribution in [2.45, 2.75) is 65.1 Å². The number of carbonyl (C=O) groups is 1. The number of aldehydes is 1. The van der Waals surface area contributed by atoms with Gasteiger partial charge in [0.15, 0.2) is 16.6 Å². The maximum Gasteiger partial charge on any atom is 0.169 e. The van der Waals surface area contributed by atoms with Crippen LogP contribution in [0, 0.1) is 0 Å². The topological polar surface area (TPSA) is 83.8 Å². The van der Waals surface area contributed by atoms with E-state index in [2.05, 4.69) is 30.9 Å². The fraction of sp³-hybridized carbons (Fsp3) is 0.435. The number of hydrogen-bond acceptors (Lipinski definition) is 4. The summed E-state index contributed by atoms with van der Waals surface area (Å²) in [6.07, 6.45) is -18.7. The second-order valence-corrected chi connectivity index (χ2v) is 7.28. The summed E-state index contributed by atoms with van der Waals surface area (Å²) in [5.74, 6) is -1.05. The normalized spacial score (nSPS) is 24.4. The minimum Gasteiger partial charge on any atom is -0.390 e. The van der Waals surface area contributed by atoms with Gasteiger partial charge in [-0.1, -0.05) is 77.7 Å². The van der Waals surface area contributed by atoms with Crippen LogP contribution in [0.15, 0.2) is 28.7 Å². The van der Waals surface area contributed by atoms with Crippen LogP contribution in [0.4, 0.5) is 0 Å². The number of hydrogen-bond donors (Lipinski definition) is 2. The van der Waals surface area contributed by atoms with Crippen LogP contribution in [-0.2, 0) is 25.9 Å². The summed E-state index contributed by atoms with van der Waals surface area (Å²) in [4.78, 5) is 20.3. The third kappa shape index (κ3) is 7.73. The molecular weight excluding hydrogens is 515 g/mol. The Morgan fingerprint density at radius 2 is 1.88 bits per heavy atom. The van der Waals surface area contributed by atoms with Gasteiger partial charge in [0.25, 0.3) is 0 Å². The van der Waals surface area contributed by atoms with E-state index in [9.17, 15) is 9.90 Å². The average Bonchev–Trinajstić information content (AvgIpc) is 3.51. The molecule has 6 nitrogen and oxygen atoms in total. The van der Waals surface area contributed by atoms with E-state index in [1.165, 1.54) is 0 Å². The van der Waals surface area contributed by atoms with Crippen molar-refractivity contribution in [3.05, 3.63) is 67.6 Å². The molecule has 0 aliphatic rings. The predicted molar refractivity (Wildman–Crippen MR) is 133 cm³/mol. The summed E-state index contributed by atoms with van der Waals surface area (Å²) < 4.78 is 145. The second-order valence-electron chi connectivity index (χ2n) is 5.65. The van der Waals surface area contributed by atoms with Crippen LogP contribution < -0.4 is 0 Å². The smallest absolute Gasteiger partial charge is 0.169 e. The van der Waals surface area contributed by atoms with Gasteiger partial charge >= 0.3 is 0 Å². The molecule has 0 saturated heterocycles. The number of carbonyl (C=O) groups excluding carboxylic acids is 1. The third-order valence-electron chi connectivity index (χ3n) is 3.65. The number of aromatic nitrogens is 4. The zero-order valence-electron chi connectivity index (χ0n) is 35.0. The molecule has 0 aliphatic heterocycles. The highest BCUT2D eigenvalue weighted by Crippen LogP contribution is 2.21. The molecular formula is C23H29BrCl2N4O2. The molecule has 0 fully saturated rings. The molecule has 3 aromatic rings. The number of halogens is 3. The molecule has 2 N–H and O–H groups in total. The van der Waals surface area contributed by atoms with E-state index in [1.54, 1.807) is 24.3 Å². The molecule has 9 heteroatoms. The maximum absolute atomic E-state index is 10.9. The fourth-order valence-corrected chi connectivity index (χ4v) is 2.97. The molecule has 0 radical (unpaired) electrons. The number of imidazole rings is 2. The summed E-state index contributed by atoms with van der Waals surface area (Å²) >= 11 is 14.8. The molecule has 2 heterocycles. The van der Waals surface area contributed by atoms with Crippen molar-refractivity contribution in [3.8, 4) is 0 Å². The van der Waals surface area contributed by atoms with E-state index in [0.29, 0.717) is 5.56 Å². The van der Waals surface area contributed by atoms with Crippen molar-refractivity contribution < 1.29 is 35.9 Å². The number of nitrogens with zero attached hydrogens (tertiary/aromatic N) is 3. The lowest BCUT2D eigenvalue weighted by molar-refractivity contribution is 0.111. The Hall–Kier alpha value is -1.67. The lowest BCUT2D eigenvalue weighted by atomic mass is 10.2. The average molecular weight is 563 g/mol. The van der Waals surface area contributed by atoms with Crippen LogP contribution in [0.25, 0.3) is 0 Å². The van der Waals surface area contributed by atoms with E-state index in [4.69, 9.17) is 49.2 Å². The quantitative estimate of drug-likeness (QED) is 0.280. The van der Waals surface area contributed by atoms with Gasteiger partial charge in [0.05, 0.1) is 15.0 Å². The standard InChI is InChI=1S/C15H18BrClN2O.C8H11ClN2O/c1-2-3-4-14-18-15(17)13(10-20)19(14)9-11-5-7-12(16)8-6-11;1-2-3-4-7-10-6(5-12)8(9)11-7/h5-8,20H,2-4,9-10H2,1H3;5H,2-4H2,1H3,(H,10,11)/i1D3,2D2,3D2,4D,10D2;1D3,2D2,3D2,4D,5D. The molecule has 0 bridgehead atoms. The Morgan fingerprint density at radius 1 is 1.19 bits per heavy atom. The fourth-order valence-electron chi connectivity index (χ4n) is 2.30. The molecule has 3 rings (SSSR count). The van der Waals surface area contributed by atoms with Gasteiger partial charge in [0.2, 0.25) is 0 Å². The number of nitrogens with one attached hydrogen (secondary N) is 1. The predicted octanol–water partition coefficient (Wildman–Crippen LogP) is 6.40. The number of rotatable bonds is 10. The van der Waals surface area contributed by atoms with E-state index in [0.717, 1.165) is 9.04 Å². The Kier molecular flexibility index (Phi) is 4.44. The number of aryl methyl sites for hydroxylation is 2. The highest BCUT2D eigenvalue weighted by Gasteiger charge is 2.15. The highest BCUT2D eigenvalue weighted by molar-refractivity contribution is 9.10. The summed E-state index contributed by atoms with van der Waals surface area (Å²) in [5, 5.41) is 8.91. The molecule has 0 amide bonds. The van der Waals surface area contributed by atoms with Gasteiger partial charge in [-0.3, -0.25) is 4.79 Å². The lowest BCUT2D eigenvalue weighted by Gasteiger charge is -2.11. The van der Waals surface area contributed by atoms with E-state index in [1.807, 2.05) is 0 Å². The largest absolute Gasteiger partial charge is 0.390 e. The molecule has 0 saturated carbocycles. The zero-order valence-corrected chi connectivity index (χ0v) is 19.1. The Bertz CT molecular complexity index is 1700. The van der Waals surface area contributed by atoms with Crippen LogP contribution in [-0.4, -0.2) is 30.9 Å². The first kappa shape index (κ1) is 10.3. The number of benzene rings is 1. The lowest BCUT2D eigenvalue weighted by Crippen LogP contribution is -2.09. The van der Waals surface area contributed by atoms with Crippen LogP contribution in [0.1, 0.15) is 98.6 Å². The van der Waals surface area contributed by atoms with Gasteiger partial charge in [-0.2, -0.15) is 0 Å². The van der Waals surface area contributed by atoms with Gasteiger partial charge in [-0.25, -0.2) is 9.97 Å². The zero-order chi connectivity index (χ0) is 40.1. The van der Waals surface area contributed by atoms with Crippen molar-refractivity contribution in [3.63, 3.8) is 0 Å². The van der Waals surface area contributed by atoms with Gasteiger partial charge in [0.1, 0.15) is 18.7 Å². The first-order chi connectivity index (χ1) is 22.6. The number of aromatic amines is 1. The summed E-state index contributed by atoms with van der Waals surface area (Å²) in [6.45, 7) is -9.87. The molecule has 2 unspecified atom stereocenters. The van der Waals surface area contributed by atoms with Crippen molar-refractivity contribution in [2.24, 2.45) is 0 Å². The van der Waals surface area contributed by atoms with E-state index in [-0.39, 0.29) is 6.54 Å². The molecule has 2 aromatic heterocycles. The Balaban J connectivity index is 0.000000377. The summed E-state index contributed by atoms with van der Waals surface area (Å²) in [5.41, 5.74) is -0.468. The monoisotopic (exact) mass is 561 g/mol. The molecule has 1 aromatic carbocycles. The Morgan fingerprint density at radius 3 is 2.47 bits per heavy atom. The molecule has 0 aliphatic carbocycles. The van der Waals surface area contributed by atoms with Crippen LogP contribution in [0.2, 0.25) is 10.3 Å². The van der Waals surface area contributed by atoms with Gasteiger partial charge in [0, 0.05) is 45.7 Å². The third-order valence-corrected chi connectivity index (χ3v) is 4.71. The van der Waals surface area contributed by atoms with Gasteiger partial charge < -0.3 is 14.7 Å². The maximum atomic E-state index is 10.9. The van der Waals surface area contributed by atoms with Crippen LogP contribution >= 0.6 is 39.1 Å². The van der Waals surface area contributed by atoms with Crippen molar-refractivity contribution in [1.29, 1.82) is 0 Å². The minimum atomic E-state index is -3.42. The molecule has 32 heavy (non-hydrogen) atoms. The molecule has 2 atom stereocenters. The molecule has 174 valence electrons. The van der Waals surface area contributed by atoms with Gasteiger partial charge in [-0.05, 0) is 30.4 Å². The van der Waals surface area contributed by atoms with Crippen molar-refractivity contribution >= 4 is 45.4 Å². The van der Waals surface area contributed by atoms with Gasteiger partial charge in [-0.15, -0.1) is 0 Å². The number of aliphatic hydroxyl groups is 1.